The maximum atomic E-state index is 13.3. The minimum atomic E-state index is -0.275. The molecule has 1 N–H and O–H groups in total. The summed E-state index contributed by atoms with van der Waals surface area (Å²) in [5, 5.41) is 2.95. The zero-order valence-corrected chi connectivity index (χ0v) is 17.5. The lowest BCUT2D eigenvalue weighted by molar-refractivity contribution is 0.0952. The maximum absolute atomic E-state index is 13.3. The van der Waals surface area contributed by atoms with Crippen molar-refractivity contribution in [2.45, 2.75) is 45.6 Å². The number of pyridine rings is 1. The second-order valence-electron chi connectivity index (χ2n) is 7.89. The molecule has 0 saturated carbocycles. The molecule has 0 aliphatic heterocycles. The van der Waals surface area contributed by atoms with Crippen LogP contribution in [-0.2, 0) is 25.8 Å². The Morgan fingerprint density at radius 2 is 1.73 bits per heavy atom. The first-order valence-corrected chi connectivity index (χ1v) is 10.9. The van der Waals surface area contributed by atoms with E-state index in [1.165, 1.54) is 11.1 Å². The number of benzene rings is 2. The zero-order chi connectivity index (χ0) is 20.9. The van der Waals surface area contributed by atoms with Crippen LogP contribution in [-0.4, -0.2) is 17.0 Å². The average Bonchev–Trinajstić information content (AvgIpc) is 2.78. The maximum Gasteiger partial charge on any atom is 0.263 e. The lowest BCUT2D eigenvalue weighted by Crippen LogP contribution is -2.36. The highest BCUT2D eigenvalue weighted by Crippen LogP contribution is 2.33. The number of unbranched alkanes of at least 4 members (excludes halogenated alkanes) is 1. The van der Waals surface area contributed by atoms with Crippen LogP contribution in [0.2, 0.25) is 0 Å². The SMILES string of the molecule is CCCCn1c2c(cc(C(=O)NCCc3ccccc3)c1=O)CCc1ccccc1-2. The van der Waals surface area contributed by atoms with E-state index in [-0.39, 0.29) is 17.0 Å². The second kappa shape index (κ2) is 9.12. The Balaban J connectivity index is 1.65. The topological polar surface area (TPSA) is 51.1 Å². The van der Waals surface area contributed by atoms with Gasteiger partial charge in [0.1, 0.15) is 5.56 Å². The summed E-state index contributed by atoms with van der Waals surface area (Å²) >= 11 is 0. The van der Waals surface area contributed by atoms with Gasteiger partial charge in [-0.3, -0.25) is 9.59 Å². The summed E-state index contributed by atoms with van der Waals surface area (Å²) < 4.78 is 1.84. The van der Waals surface area contributed by atoms with Crippen molar-refractivity contribution < 1.29 is 4.79 Å². The summed E-state index contributed by atoms with van der Waals surface area (Å²) in [6.45, 7) is 3.26. The van der Waals surface area contributed by atoms with Gasteiger partial charge in [0.05, 0.1) is 5.69 Å². The molecule has 4 nitrogen and oxygen atoms in total. The van der Waals surface area contributed by atoms with Gasteiger partial charge in [0.2, 0.25) is 0 Å². The molecule has 0 atom stereocenters. The van der Waals surface area contributed by atoms with Crippen LogP contribution in [0.5, 0.6) is 0 Å². The molecule has 3 aromatic rings. The van der Waals surface area contributed by atoms with Crippen LogP contribution in [0.1, 0.15) is 46.8 Å². The van der Waals surface area contributed by atoms with Gasteiger partial charge < -0.3 is 9.88 Å². The van der Waals surface area contributed by atoms with Gasteiger partial charge in [-0.25, -0.2) is 0 Å². The van der Waals surface area contributed by atoms with Gasteiger partial charge in [-0.15, -0.1) is 0 Å². The molecule has 0 saturated heterocycles. The van der Waals surface area contributed by atoms with Crippen LogP contribution in [0.3, 0.4) is 0 Å². The second-order valence-corrected chi connectivity index (χ2v) is 7.89. The Kier molecular flexibility index (Phi) is 6.12. The minimum absolute atomic E-state index is 0.184. The number of hydrogen-bond donors (Lipinski definition) is 1. The molecular weight excluding hydrogens is 372 g/mol. The third-order valence-corrected chi connectivity index (χ3v) is 5.83. The number of nitrogens with zero attached hydrogens (tertiary/aromatic N) is 1. The van der Waals surface area contributed by atoms with Gasteiger partial charge in [0, 0.05) is 18.7 Å². The third-order valence-electron chi connectivity index (χ3n) is 5.83. The van der Waals surface area contributed by atoms with Gasteiger partial charge >= 0.3 is 0 Å². The lowest BCUT2D eigenvalue weighted by atomic mass is 9.88. The van der Waals surface area contributed by atoms with Crippen molar-refractivity contribution in [3.05, 3.63) is 93.3 Å². The van der Waals surface area contributed by atoms with Crippen LogP contribution in [0, 0.1) is 0 Å². The smallest absolute Gasteiger partial charge is 0.263 e. The summed E-state index contributed by atoms with van der Waals surface area (Å²) in [5.41, 5.74) is 5.74. The predicted molar refractivity (Wildman–Crippen MR) is 121 cm³/mol. The molecule has 4 heteroatoms. The van der Waals surface area contributed by atoms with Crippen molar-refractivity contribution in [1.82, 2.24) is 9.88 Å². The van der Waals surface area contributed by atoms with E-state index >= 15 is 0 Å². The van der Waals surface area contributed by atoms with Gasteiger partial charge in [0.15, 0.2) is 0 Å². The first-order chi connectivity index (χ1) is 14.7. The van der Waals surface area contributed by atoms with E-state index in [9.17, 15) is 9.59 Å². The van der Waals surface area contributed by atoms with Crippen LogP contribution in [0.15, 0.2) is 65.5 Å². The van der Waals surface area contributed by atoms with Crippen LogP contribution in [0.25, 0.3) is 11.3 Å². The molecule has 0 spiro atoms. The molecule has 0 fully saturated rings. The number of carbonyl (C=O) groups excluding carboxylic acids is 1. The Labute approximate surface area is 177 Å². The number of amides is 1. The largest absolute Gasteiger partial charge is 0.352 e. The molecule has 0 radical (unpaired) electrons. The van der Waals surface area contributed by atoms with Gasteiger partial charge in [-0.1, -0.05) is 67.9 Å². The Morgan fingerprint density at radius 1 is 1.00 bits per heavy atom. The van der Waals surface area contributed by atoms with Crippen LogP contribution in [0.4, 0.5) is 0 Å². The van der Waals surface area contributed by atoms with Gasteiger partial charge in [0.25, 0.3) is 11.5 Å². The quantitative estimate of drug-likeness (QED) is 0.640. The molecule has 1 aromatic heterocycles. The van der Waals surface area contributed by atoms with E-state index < -0.39 is 0 Å². The highest BCUT2D eigenvalue weighted by atomic mass is 16.2. The summed E-state index contributed by atoms with van der Waals surface area (Å²) in [6, 6.07) is 20.2. The molecule has 1 amide bonds. The van der Waals surface area contributed by atoms with E-state index in [0.717, 1.165) is 48.9 Å². The van der Waals surface area contributed by atoms with Crippen molar-refractivity contribution in [2.75, 3.05) is 6.54 Å². The van der Waals surface area contributed by atoms with Gasteiger partial charge in [-0.05, 0) is 48.4 Å². The summed E-state index contributed by atoms with van der Waals surface area (Å²) in [7, 11) is 0. The molecule has 154 valence electrons. The van der Waals surface area contributed by atoms with Crippen molar-refractivity contribution in [3.8, 4) is 11.3 Å². The highest BCUT2D eigenvalue weighted by Gasteiger charge is 2.24. The Hall–Kier alpha value is -3.14. The molecule has 0 bridgehead atoms. The molecule has 1 aliphatic rings. The fraction of sp³-hybridized carbons (Fsp3) is 0.308. The molecule has 30 heavy (non-hydrogen) atoms. The fourth-order valence-corrected chi connectivity index (χ4v) is 4.22. The third kappa shape index (κ3) is 4.09. The van der Waals surface area contributed by atoms with Crippen LogP contribution >= 0.6 is 0 Å². The molecular formula is C26H28N2O2. The lowest BCUT2D eigenvalue weighted by Gasteiger charge is -2.25. The van der Waals surface area contributed by atoms with E-state index in [1.807, 2.05) is 53.1 Å². The average molecular weight is 401 g/mol. The first kappa shape index (κ1) is 20.1. The molecule has 1 heterocycles. The van der Waals surface area contributed by atoms with Gasteiger partial charge in [-0.2, -0.15) is 0 Å². The summed E-state index contributed by atoms with van der Waals surface area (Å²) in [5.74, 6) is -0.275. The highest BCUT2D eigenvalue weighted by molar-refractivity contribution is 5.94. The Bertz CT molecular complexity index is 1100. The summed E-state index contributed by atoms with van der Waals surface area (Å²) in [6.07, 6.45) is 4.44. The minimum Gasteiger partial charge on any atom is -0.352 e. The normalized spacial score (nSPS) is 12.2. The number of fused-ring (bicyclic) bond motifs is 3. The van der Waals surface area contributed by atoms with Crippen molar-refractivity contribution in [3.63, 3.8) is 0 Å². The number of carbonyl (C=O) groups is 1. The Morgan fingerprint density at radius 3 is 2.53 bits per heavy atom. The zero-order valence-electron chi connectivity index (χ0n) is 17.5. The molecule has 0 unspecified atom stereocenters. The van der Waals surface area contributed by atoms with E-state index in [4.69, 9.17) is 0 Å². The van der Waals surface area contributed by atoms with E-state index in [0.29, 0.717) is 13.1 Å². The fourth-order valence-electron chi connectivity index (χ4n) is 4.22. The number of aryl methyl sites for hydroxylation is 2. The summed E-state index contributed by atoms with van der Waals surface area (Å²) in [4.78, 5) is 26.2. The van der Waals surface area contributed by atoms with Crippen molar-refractivity contribution in [2.24, 2.45) is 0 Å². The number of rotatable bonds is 7. The predicted octanol–water partition coefficient (Wildman–Crippen LogP) is 4.39. The van der Waals surface area contributed by atoms with Crippen molar-refractivity contribution in [1.29, 1.82) is 0 Å². The number of nitrogens with one attached hydrogen (secondary N) is 1. The van der Waals surface area contributed by atoms with Crippen molar-refractivity contribution >= 4 is 5.91 Å². The molecule has 1 aliphatic carbocycles. The molecule has 2 aromatic carbocycles. The molecule has 4 rings (SSSR count). The number of aromatic nitrogens is 1. The monoisotopic (exact) mass is 400 g/mol. The first-order valence-electron chi connectivity index (χ1n) is 10.9. The standard InChI is InChI=1S/C26H28N2O2/c1-2-3-17-28-24-21(14-13-20-11-7-8-12-22(20)24)18-23(26(28)30)25(29)27-16-15-19-9-5-4-6-10-19/h4-12,18H,2-3,13-17H2,1H3,(H,27,29). The number of hydrogen-bond acceptors (Lipinski definition) is 2. The van der Waals surface area contributed by atoms with Crippen LogP contribution < -0.4 is 10.9 Å². The van der Waals surface area contributed by atoms with E-state index in [1.54, 1.807) is 0 Å². The van der Waals surface area contributed by atoms with E-state index in [2.05, 4.69) is 24.4 Å².